The van der Waals surface area contributed by atoms with E-state index in [2.05, 4.69) is 20.6 Å². The third-order valence-electron chi connectivity index (χ3n) is 2.86. The number of hydrogen-bond acceptors (Lipinski definition) is 5. The van der Waals surface area contributed by atoms with E-state index in [0.29, 0.717) is 5.82 Å². The van der Waals surface area contributed by atoms with Crippen molar-refractivity contribution < 1.29 is 9.72 Å². The fraction of sp³-hybridized carbons (Fsp3) is 0.364. The lowest BCUT2D eigenvalue weighted by Crippen LogP contribution is -2.19. The molecular formula is C11H14N6O3. The minimum absolute atomic E-state index is 0.110. The minimum Gasteiger partial charge on any atom is -0.307 e. The molecule has 2 aromatic rings. The summed E-state index contributed by atoms with van der Waals surface area (Å²) in [6.07, 6.45) is 3.09. The normalized spacial score (nSPS) is 10.5. The number of nitro groups is 1. The number of hydrogen-bond donors (Lipinski definition) is 2. The topological polar surface area (TPSA) is 119 Å². The Morgan fingerprint density at radius 1 is 1.60 bits per heavy atom. The number of aryl methyl sites for hydroxylation is 1. The number of amides is 1. The second-order valence-corrected chi connectivity index (χ2v) is 4.23. The van der Waals surface area contributed by atoms with Gasteiger partial charge in [-0.15, -0.1) is 0 Å². The zero-order valence-electron chi connectivity index (χ0n) is 11.1. The second kappa shape index (κ2) is 5.51. The summed E-state index contributed by atoms with van der Waals surface area (Å²) < 4.78 is 1.20. The van der Waals surface area contributed by atoms with Crippen LogP contribution < -0.4 is 5.32 Å². The van der Waals surface area contributed by atoms with Gasteiger partial charge in [0.05, 0.1) is 4.92 Å². The highest BCUT2D eigenvalue weighted by Gasteiger charge is 2.14. The molecule has 106 valence electrons. The Morgan fingerprint density at radius 2 is 2.35 bits per heavy atom. The minimum atomic E-state index is -0.563. The van der Waals surface area contributed by atoms with Crippen molar-refractivity contribution in [2.45, 2.75) is 26.8 Å². The van der Waals surface area contributed by atoms with Gasteiger partial charge in [0.25, 0.3) is 0 Å². The third kappa shape index (κ3) is 2.82. The van der Waals surface area contributed by atoms with Crippen LogP contribution in [0.25, 0.3) is 0 Å². The molecule has 0 aliphatic rings. The molecule has 2 heterocycles. The van der Waals surface area contributed by atoms with E-state index in [0.717, 1.165) is 23.9 Å². The van der Waals surface area contributed by atoms with Gasteiger partial charge in [0.15, 0.2) is 5.82 Å². The molecule has 9 heteroatoms. The summed E-state index contributed by atoms with van der Waals surface area (Å²) in [5.74, 6) is 0.119. The van der Waals surface area contributed by atoms with E-state index in [9.17, 15) is 14.9 Å². The molecule has 0 spiro atoms. The lowest BCUT2D eigenvalue weighted by atomic mass is 10.2. The number of nitrogens with zero attached hydrogens (tertiary/aromatic N) is 4. The lowest BCUT2D eigenvalue weighted by molar-refractivity contribution is -0.385. The first-order valence-electron chi connectivity index (χ1n) is 6.01. The van der Waals surface area contributed by atoms with E-state index in [1.807, 2.05) is 13.8 Å². The van der Waals surface area contributed by atoms with E-state index in [1.54, 1.807) is 0 Å². The van der Waals surface area contributed by atoms with Crippen molar-refractivity contribution in [3.8, 4) is 0 Å². The maximum atomic E-state index is 11.8. The number of nitrogens with one attached hydrogen (secondary N) is 2. The highest BCUT2D eigenvalue weighted by molar-refractivity contribution is 5.90. The first-order chi connectivity index (χ1) is 9.51. The molecule has 0 radical (unpaired) electrons. The van der Waals surface area contributed by atoms with Gasteiger partial charge >= 0.3 is 5.69 Å². The second-order valence-electron chi connectivity index (χ2n) is 4.23. The fourth-order valence-corrected chi connectivity index (χ4v) is 1.75. The van der Waals surface area contributed by atoms with Crippen molar-refractivity contribution in [2.75, 3.05) is 5.32 Å². The molecule has 0 bridgehead atoms. The van der Waals surface area contributed by atoms with Crippen molar-refractivity contribution in [1.29, 1.82) is 0 Å². The van der Waals surface area contributed by atoms with E-state index < -0.39 is 4.92 Å². The molecule has 0 saturated heterocycles. The van der Waals surface area contributed by atoms with Crippen LogP contribution in [0.4, 0.5) is 11.5 Å². The van der Waals surface area contributed by atoms with E-state index >= 15 is 0 Å². The van der Waals surface area contributed by atoms with Crippen LogP contribution in [0.5, 0.6) is 0 Å². The van der Waals surface area contributed by atoms with Crippen molar-refractivity contribution in [1.82, 2.24) is 20.0 Å². The van der Waals surface area contributed by atoms with Crippen LogP contribution in [0.15, 0.2) is 12.4 Å². The zero-order valence-corrected chi connectivity index (χ0v) is 11.1. The van der Waals surface area contributed by atoms with Crippen LogP contribution in [0.3, 0.4) is 0 Å². The molecule has 2 N–H and O–H groups in total. The van der Waals surface area contributed by atoms with E-state index in [1.165, 1.54) is 10.9 Å². The molecule has 0 atom stereocenters. The Bertz CT molecular complexity index is 644. The SMILES string of the molecule is CCc1[nH]nc(NC(=O)Cn2cc([N+](=O)[O-])cn2)c1C. The van der Waals surface area contributed by atoms with Gasteiger partial charge in [-0.25, -0.2) is 0 Å². The first kappa shape index (κ1) is 13.7. The van der Waals surface area contributed by atoms with Crippen LogP contribution in [0.2, 0.25) is 0 Å². The average Bonchev–Trinajstić information content (AvgIpc) is 2.98. The van der Waals surface area contributed by atoms with Gasteiger partial charge in [0.1, 0.15) is 18.9 Å². The number of H-pyrrole nitrogens is 1. The molecule has 0 aliphatic heterocycles. The molecule has 0 saturated carbocycles. The smallest absolute Gasteiger partial charge is 0.307 e. The van der Waals surface area contributed by atoms with Crippen molar-refractivity contribution in [3.05, 3.63) is 33.8 Å². The van der Waals surface area contributed by atoms with Crippen molar-refractivity contribution in [2.24, 2.45) is 0 Å². The molecule has 0 aromatic carbocycles. The fourth-order valence-electron chi connectivity index (χ4n) is 1.75. The predicted octanol–water partition coefficient (Wildman–Crippen LogP) is 1.02. The number of carbonyl (C=O) groups excluding carboxylic acids is 1. The van der Waals surface area contributed by atoms with Crippen molar-refractivity contribution >= 4 is 17.4 Å². The maximum Gasteiger partial charge on any atom is 0.307 e. The van der Waals surface area contributed by atoms with E-state index in [4.69, 9.17) is 0 Å². The molecule has 2 rings (SSSR count). The van der Waals surface area contributed by atoms with Crippen molar-refractivity contribution in [3.63, 3.8) is 0 Å². The maximum absolute atomic E-state index is 11.8. The number of anilines is 1. The summed E-state index contributed by atoms with van der Waals surface area (Å²) in [4.78, 5) is 21.8. The predicted molar refractivity (Wildman–Crippen MR) is 70.2 cm³/mol. The molecule has 20 heavy (non-hydrogen) atoms. The highest BCUT2D eigenvalue weighted by Crippen LogP contribution is 2.15. The third-order valence-corrected chi connectivity index (χ3v) is 2.86. The number of aromatic amines is 1. The summed E-state index contributed by atoms with van der Waals surface area (Å²) in [5, 5.41) is 23.7. The number of carbonyl (C=O) groups is 1. The Labute approximate surface area is 114 Å². The molecule has 1 amide bonds. The monoisotopic (exact) mass is 278 g/mol. The van der Waals surface area contributed by atoms with Crippen LogP contribution in [0.1, 0.15) is 18.2 Å². The first-order valence-corrected chi connectivity index (χ1v) is 6.01. The summed E-state index contributed by atoms with van der Waals surface area (Å²) in [7, 11) is 0. The van der Waals surface area contributed by atoms with Gasteiger partial charge in [0.2, 0.25) is 5.91 Å². The molecule has 9 nitrogen and oxygen atoms in total. The molecule has 0 fully saturated rings. The van der Waals surface area contributed by atoms with Crippen LogP contribution >= 0.6 is 0 Å². The summed E-state index contributed by atoms with van der Waals surface area (Å²) in [6.45, 7) is 3.73. The average molecular weight is 278 g/mol. The summed E-state index contributed by atoms with van der Waals surface area (Å²) in [5.41, 5.74) is 1.68. The zero-order chi connectivity index (χ0) is 14.7. The molecule has 0 aliphatic carbocycles. The van der Waals surface area contributed by atoms with Crippen LogP contribution in [-0.2, 0) is 17.8 Å². The molecular weight excluding hydrogens is 264 g/mol. The Balaban J connectivity index is 2.01. The van der Waals surface area contributed by atoms with E-state index in [-0.39, 0.29) is 18.1 Å². The van der Waals surface area contributed by atoms with Gasteiger partial charge < -0.3 is 5.32 Å². The molecule has 2 aromatic heterocycles. The van der Waals surface area contributed by atoms with Gasteiger partial charge in [0, 0.05) is 11.3 Å². The lowest BCUT2D eigenvalue weighted by Gasteiger charge is -2.03. The van der Waals surface area contributed by atoms with Crippen LogP contribution in [0, 0.1) is 17.0 Å². The number of aromatic nitrogens is 4. The van der Waals surface area contributed by atoms with Gasteiger partial charge in [-0.05, 0) is 13.3 Å². The Kier molecular flexibility index (Phi) is 3.78. The quantitative estimate of drug-likeness (QED) is 0.625. The van der Waals surface area contributed by atoms with Gasteiger partial charge in [-0.2, -0.15) is 10.2 Å². The van der Waals surface area contributed by atoms with Gasteiger partial charge in [-0.1, -0.05) is 6.92 Å². The Morgan fingerprint density at radius 3 is 2.90 bits per heavy atom. The van der Waals surface area contributed by atoms with Crippen LogP contribution in [-0.4, -0.2) is 30.8 Å². The molecule has 0 unspecified atom stereocenters. The largest absolute Gasteiger partial charge is 0.307 e. The van der Waals surface area contributed by atoms with Gasteiger partial charge in [-0.3, -0.25) is 24.7 Å². The summed E-state index contributed by atoms with van der Waals surface area (Å²) >= 11 is 0. The number of rotatable bonds is 5. The Hall–Kier alpha value is -2.71. The summed E-state index contributed by atoms with van der Waals surface area (Å²) in [6, 6.07) is 0. The standard InChI is InChI=1S/C11H14N6O3/c1-3-9-7(2)11(15-14-9)13-10(18)6-16-5-8(4-12-16)17(19)20/h4-5H,3,6H2,1-2H3,(H2,13,14,15,18). The highest BCUT2D eigenvalue weighted by atomic mass is 16.6.